The van der Waals surface area contributed by atoms with Gasteiger partial charge in [-0.3, -0.25) is 14.7 Å². The smallest absolute Gasteiger partial charge is 0.384 e. The predicted octanol–water partition coefficient (Wildman–Crippen LogP) is 3.20. The minimum atomic E-state index is -4.94. The first-order valence-electron chi connectivity index (χ1n) is 9.36. The third kappa shape index (κ3) is 3.95. The molecule has 0 radical (unpaired) electrons. The first kappa shape index (κ1) is 21.5. The topological polar surface area (TPSA) is 100 Å². The van der Waals surface area contributed by atoms with Crippen LogP contribution < -0.4 is 5.32 Å². The second-order valence-corrected chi connectivity index (χ2v) is 8.72. The lowest BCUT2D eigenvalue weighted by Crippen LogP contribution is -2.45. The molecule has 3 N–H and O–H groups in total. The second kappa shape index (κ2) is 6.66. The van der Waals surface area contributed by atoms with E-state index in [2.05, 4.69) is 15.3 Å². The van der Waals surface area contributed by atoms with E-state index in [-0.39, 0.29) is 5.95 Å². The lowest BCUT2D eigenvalue weighted by Gasteiger charge is -2.40. The summed E-state index contributed by atoms with van der Waals surface area (Å²) in [6.45, 7) is 5.70. The van der Waals surface area contributed by atoms with Gasteiger partial charge >= 0.3 is 6.18 Å². The summed E-state index contributed by atoms with van der Waals surface area (Å²) in [6, 6.07) is 3.26. The molecule has 0 aliphatic heterocycles. The molecular weight excluding hydrogens is 389 g/mol. The van der Waals surface area contributed by atoms with E-state index in [0.29, 0.717) is 23.8 Å². The van der Waals surface area contributed by atoms with Crippen LogP contribution in [0, 0.1) is 0 Å². The Morgan fingerprint density at radius 2 is 1.83 bits per heavy atom. The minimum Gasteiger partial charge on any atom is -0.384 e. The number of hydrogen-bond acceptors (Lipinski definition) is 5. The van der Waals surface area contributed by atoms with Crippen molar-refractivity contribution in [1.82, 2.24) is 14.5 Å². The maximum absolute atomic E-state index is 12.9. The number of fused-ring (bicyclic) bond motifs is 1. The van der Waals surface area contributed by atoms with Crippen LogP contribution in [0.25, 0.3) is 11.2 Å². The number of pyridine rings is 1. The fourth-order valence-corrected chi connectivity index (χ4v) is 3.39. The number of carbonyl (C=O) groups excluding carboxylic acids is 1. The molecule has 2 heterocycles. The Balaban J connectivity index is 2.01. The molecule has 2 aromatic heterocycles. The van der Waals surface area contributed by atoms with E-state index in [1.807, 2.05) is 6.92 Å². The summed E-state index contributed by atoms with van der Waals surface area (Å²) >= 11 is 0. The number of aliphatic hydroxyl groups is 2. The van der Waals surface area contributed by atoms with Crippen LogP contribution in [-0.4, -0.2) is 42.4 Å². The lowest BCUT2D eigenvalue weighted by atomic mass is 9.78. The number of alkyl halides is 3. The third-order valence-corrected chi connectivity index (χ3v) is 5.47. The van der Waals surface area contributed by atoms with E-state index in [4.69, 9.17) is 0 Å². The molecule has 1 atom stereocenters. The molecule has 1 aliphatic carbocycles. The van der Waals surface area contributed by atoms with Crippen LogP contribution >= 0.6 is 0 Å². The monoisotopic (exact) mass is 414 g/mol. The summed E-state index contributed by atoms with van der Waals surface area (Å²) in [6.07, 6.45) is -3.56. The standard InChI is InChI=1S/C19H25F3N4O3/c1-16(2,28)12-7-6-11-14(24-12)26(17(3)8-5-9-17)15(23-11)25-13(27)10-18(4,29)19(20,21)22/h6-7,28-29H,5,8-10H2,1-4H3,(H,23,25,27)/t18-/m1/s1. The molecule has 29 heavy (non-hydrogen) atoms. The van der Waals surface area contributed by atoms with Crippen molar-refractivity contribution in [3.8, 4) is 0 Å². The van der Waals surface area contributed by atoms with E-state index in [0.717, 1.165) is 19.3 Å². The lowest BCUT2D eigenvalue weighted by molar-refractivity contribution is -0.253. The van der Waals surface area contributed by atoms with Gasteiger partial charge in [0.15, 0.2) is 11.2 Å². The van der Waals surface area contributed by atoms with Crippen molar-refractivity contribution in [3.63, 3.8) is 0 Å². The van der Waals surface area contributed by atoms with Crippen molar-refractivity contribution >= 4 is 23.0 Å². The first-order chi connectivity index (χ1) is 13.1. The number of halogens is 3. The van der Waals surface area contributed by atoms with E-state index in [1.165, 1.54) is 0 Å². The van der Waals surface area contributed by atoms with Crippen LogP contribution in [0.5, 0.6) is 0 Å². The molecule has 1 aliphatic rings. The summed E-state index contributed by atoms with van der Waals surface area (Å²) < 4.78 is 40.4. The second-order valence-electron chi connectivity index (χ2n) is 8.72. The zero-order valence-corrected chi connectivity index (χ0v) is 16.8. The van der Waals surface area contributed by atoms with Gasteiger partial charge in [-0.2, -0.15) is 13.2 Å². The minimum absolute atomic E-state index is 0.0746. The van der Waals surface area contributed by atoms with Crippen molar-refractivity contribution in [3.05, 3.63) is 17.8 Å². The normalized spacial score (nSPS) is 18.9. The molecule has 0 unspecified atom stereocenters. The fraction of sp³-hybridized carbons (Fsp3) is 0.632. The molecule has 7 nitrogen and oxygen atoms in total. The third-order valence-electron chi connectivity index (χ3n) is 5.47. The molecule has 0 saturated heterocycles. The number of nitrogens with zero attached hydrogens (tertiary/aromatic N) is 3. The fourth-order valence-electron chi connectivity index (χ4n) is 3.39. The van der Waals surface area contributed by atoms with Crippen LogP contribution in [0.15, 0.2) is 12.1 Å². The highest BCUT2D eigenvalue weighted by atomic mass is 19.4. The van der Waals surface area contributed by atoms with Crippen molar-refractivity contribution in [2.45, 2.75) is 76.3 Å². The summed E-state index contributed by atoms with van der Waals surface area (Å²) in [7, 11) is 0. The van der Waals surface area contributed by atoms with Gasteiger partial charge < -0.3 is 10.2 Å². The van der Waals surface area contributed by atoms with Gasteiger partial charge in [-0.05, 0) is 59.1 Å². The molecule has 1 amide bonds. The zero-order chi connectivity index (χ0) is 21.8. The number of nitrogens with one attached hydrogen (secondary N) is 1. The van der Waals surface area contributed by atoms with E-state index in [1.54, 1.807) is 30.5 Å². The molecule has 0 aromatic carbocycles. The number of anilines is 1. The highest BCUT2D eigenvalue weighted by Crippen LogP contribution is 2.43. The van der Waals surface area contributed by atoms with Gasteiger partial charge in [0, 0.05) is 5.54 Å². The van der Waals surface area contributed by atoms with E-state index < -0.39 is 35.2 Å². The van der Waals surface area contributed by atoms with Crippen molar-refractivity contribution < 1.29 is 28.2 Å². The molecule has 0 bridgehead atoms. The number of amides is 1. The van der Waals surface area contributed by atoms with Gasteiger partial charge in [-0.25, -0.2) is 9.97 Å². The molecule has 10 heteroatoms. The molecule has 0 spiro atoms. The molecule has 2 aromatic rings. The molecule has 160 valence electrons. The average Bonchev–Trinajstić information content (AvgIpc) is 2.87. The van der Waals surface area contributed by atoms with Crippen molar-refractivity contribution in [2.75, 3.05) is 5.32 Å². The largest absolute Gasteiger partial charge is 0.417 e. The highest BCUT2D eigenvalue weighted by Gasteiger charge is 2.51. The number of aromatic nitrogens is 3. The first-order valence-corrected chi connectivity index (χ1v) is 9.36. The van der Waals surface area contributed by atoms with Gasteiger partial charge in [-0.15, -0.1) is 0 Å². The maximum atomic E-state index is 12.9. The van der Waals surface area contributed by atoms with Crippen LogP contribution in [-0.2, 0) is 15.9 Å². The zero-order valence-electron chi connectivity index (χ0n) is 16.8. The highest BCUT2D eigenvalue weighted by molar-refractivity contribution is 5.91. The van der Waals surface area contributed by atoms with Crippen LogP contribution in [0.3, 0.4) is 0 Å². The number of rotatable bonds is 5. The van der Waals surface area contributed by atoms with Gasteiger partial charge in [0.25, 0.3) is 0 Å². The Kier molecular flexibility index (Phi) is 4.94. The maximum Gasteiger partial charge on any atom is 0.417 e. The quantitative estimate of drug-likeness (QED) is 0.698. The Labute approximate surface area is 166 Å². The van der Waals surface area contributed by atoms with Crippen LogP contribution in [0.4, 0.5) is 19.1 Å². The summed E-state index contributed by atoms with van der Waals surface area (Å²) in [5.74, 6) is -0.930. The van der Waals surface area contributed by atoms with Crippen molar-refractivity contribution in [1.29, 1.82) is 0 Å². The molecular formula is C19H25F3N4O3. The van der Waals surface area contributed by atoms with E-state index in [9.17, 15) is 28.2 Å². The van der Waals surface area contributed by atoms with Crippen LogP contribution in [0.2, 0.25) is 0 Å². The summed E-state index contributed by atoms with van der Waals surface area (Å²) in [5.41, 5.74) is -3.46. The Morgan fingerprint density at radius 3 is 2.31 bits per heavy atom. The Morgan fingerprint density at radius 1 is 1.21 bits per heavy atom. The van der Waals surface area contributed by atoms with Crippen LogP contribution in [0.1, 0.15) is 59.1 Å². The summed E-state index contributed by atoms with van der Waals surface area (Å²) in [5, 5.41) is 22.3. The van der Waals surface area contributed by atoms with Crippen molar-refractivity contribution in [2.24, 2.45) is 0 Å². The molecule has 1 saturated carbocycles. The molecule has 1 fully saturated rings. The van der Waals surface area contributed by atoms with Gasteiger partial charge in [-0.1, -0.05) is 0 Å². The molecule has 3 rings (SSSR count). The van der Waals surface area contributed by atoms with Gasteiger partial charge in [0.1, 0.15) is 11.1 Å². The number of imidazole rings is 1. The average molecular weight is 414 g/mol. The Hall–Kier alpha value is -2.20. The van der Waals surface area contributed by atoms with E-state index >= 15 is 0 Å². The van der Waals surface area contributed by atoms with Gasteiger partial charge in [0.05, 0.1) is 12.1 Å². The van der Waals surface area contributed by atoms with Gasteiger partial charge in [0.2, 0.25) is 11.9 Å². The predicted molar refractivity (Wildman–Crippen MR) is 100 cm³/mol. The SMILES string of the molecule is CC(C)(O)c1ccc2nc(NC(=O)C[C@@](C)(O)C(F)(F)F)n(C3(C)CCC3)c2n1. The Bertz CT molecular complexity index is 941. The number of carbonyl (C=O) groups is 1. The summed E-state index contributed by atoms with van der Waals surface area (Å²) in [4.78, 5) is 21.1. The number of hydrogen-bond donors (Lipinski definition) is 3.